The zero-order valence-electron chi connectivity index (χ0n) is 29.1. The van der Waals surface area contributed by atoms with Crippen LogP contribution >= 0.6 is 0 Å². The van der Waals surface area contributed by atoms with Gasteiger partial charge in [0.15, 0.2) is 5.60 Å². The Bertz CT molecular complexity index is 1160. The minimum atomic E-state index is -1.82. The largest absolute Gasteiger partial charge is 0.431 e. The van der Waals surface area contributed by atoms with Crippen molar-refractivity contribution < 1.29 is 39.8 Å². The Morgan fingerprint density at radius 1 is 0.778 bits per heavy atom. The molecule has 0 aromatic carbocycles. The van der Waals surface area contributed by atoms with E-state index in [0.29, 0.717) is 29.6 Å². The van der Waals surface area contributed by atoms with Gasteiger partial charge in [-0.2, -0.15) is 0 Å². The van der Waals surface area contributed by atoms with Crippen LogP contribution in [-0.4, -0.2) is 74.4 Å². The Balaban J connectivity index is 1.37. The van der Waals surface area contributed by atoms with Crippen molar-refractivity contribution in [2.45, 2.75) is 156 Å². The van der Waals surface area contributed by atoms with Crippen LogP contribution < -0.4 is 0 Å². The van der Waals surface area contributed by atoms with Crippen molar-refractivity contribution in [2.24, 2.45) is 62.6 Å². The van der Waals surface area contributed by atoms with Crippen molar-refractivity contribution in [2.75, 3.05) is 6.61 Å². The summed E-state index contributed by atoms with van der Waals surface area (Å²) in [5, 5.41) is 53.9. The fourth-order valence-corrected chi connectivity index (χ4v) is 13.3. The van der Waals surface area contributed by atoms with Crippen molar-refractivity contribution >= 4 is 5.97 Å². The monoisotopic (exact) mass is 634 g/mol. The van der Waals surface area contributed by atoms with Crippen LogP contribution in [-0.2, 0) is 14.3 Å². The fourth-order valence-electron chi connectivity index (χ4n) is 13.3. The highest BCUT2D eigenvalue weighted by atomic mass is 16.7. The summed E-state index contributed by atoms with van der Waals surface area (Å²) in [5.41, 5.74) is -2.30. The molecule has 5 N–H and O–H groups in total. The van der Waals surface area contributed by atoms with Crippen molar-refractivity contribution in [3.05, 3.63) is 0 Å². The van der Waals surface area contributed by atoms with Gasteiger partial charge in [0.2, 0.25) is 6.29 Å². The van der Waals surface area contributed by atoms with Crippen LogP contribution in [0.2, 0.25) is 0 Å². The van der Waals surface area contributed by atoms with Crippen molar-refractivity contribution in [3.63, 3.8) is 0 Å². The van der Waals surface area contributed by atoms with Gasteiger partial charge in [0.1, 0.15) is 24.4 Å². The maximum atomic E-state index is 14.4. The van der Waals surface area contributed by atoms with Gasteiger partial charge < -0.3 is 35.0 Å². The molecule has 6 rings (SSSR count). The molecule has 16 atom stereocenters. The first kappa shape index (κ1) is 34.1. The Morgan fingerprint density at radius 2 is 1.47 bits per heavy atom. The molecule has 0 aromatic heterocycles. The van der Waals surface area contributed by atoms with E-state index in [2.05, 4.69) is 55.4 Å². The number of carbonyl (C=O) groups excluding carboxylic acids is 1. The fraction of sp³-hybridized carbons (Fsp3) is 0.973. The van der Waals surface area contributed by atoms with Crippen molar-refractivity contribution in [3.8, 4) is 0 Å². The van der Waals surface area contributed by atoms with Crippen molar-refractivity contribution in [1.82, 2.24) is 0 Å². The summed E-state index contributed by atoms with van der Waals surface area (Å²) in [5.74, 6) is 2.05. The average Bonchev–Trinajstić information content (AvgIpc) is 2.98. The lowest BCUT2D eigenvalue weighted by Gasteiger charge is -2.75. The molecule has 1 saturated heterocycles. The Morgan fingerprint density at radius 3 is 2.13 bits per heavy atom. The average molecular weight is 635 g/mol. The third-order valence-corrected chi connectivity index (χ3v) is 16.5. The molecule has 8 heteroatoms. The predicted octanol–water partition coefficient (Wildman–Crippen LogP) is 4.82. The van der Waals surface area contributed by atoms with Gasteiger partial charge in [-0.3, -0.25) is 0 Å². The van der Waals surface area contributed by atoms with Crippen LogP contribution in [0, 0.1) is 62.6 Å². The molecular formula is C37H62O8. The number of carbonyl (C=O) groups is 1. The third-order valence-electron chi connectivity index (χ3n) is 16.5. The minimum Gasteiger partial charge on any atom is -0.431 e. The molecule has 6 aliphatic rings. The minimum absolute atomic E-state index is 0.0757. The summed E-state index contributed by atoms with van der Waals surface area (Å²) in [6.45, 7) is 18.6. The summed E-state index contributed by atoms with van der Waals surface area (Å²) in [6, 6.07) is 0. The van der Waals surface area contributed by atoms with Gasteiger partial charge in [-0.15, -0.1) is 0 Å². The SMILES string of the molecule is C[C@@H]1[C@H]2[C@H]3CC[C@@H]4[C@]5(C)[C@@H](CC[C@@]4(C)[C@]3(C)CC[C@@]2(C)CC[C@H]1C)C(C)(C)CCC5(O)C(=O)OC1O[C@H](CO)[C@@H](O)[C@H](O)[C@H]1O. The highest BCUT2D eigenvalue weighted by molar-refractivity contribution is 5.81. The number of esters is 1. The third kappa shape index (κ3) is 4.47. The lowest BCUT2D eigenvalue weighted by Crippen LogP contribution is -2.73. The molecule has 6 fully saturated rings. The van der Waals surface area contributed by atoms with E-state index < -0.39 is 54.3 Å². The van der Waals surface area contributed by atoms with E-state index in [1.807, 2.05) is 0 Å². The second-order valence-electron chi connectivity index (χ2n) is 18.5. The maximum absolute atomic E-state index is 14.4. The highest BCUT2D eigenvalue weighted by Gasteiger charge is 2.75. The second kappa shape index (κ2) is 10.9. The number of rotatable bonds is 3. The molecular weight excluding hydrogens is 572 g/mol. The number of fused-ring (bicyclic) bond motifs is 7. The number of ether oxygens (including phenoxy) is 2. The summed E-state index contributed by atoms with van der Waals surface area (Å²) >= 11 is 0. The first-order valence-corrected chi connectivity index (χ1v) is 18.1. The molecule has 0 radical (unpaired) electrons. The second-order valence-corrected chi connectivity index (χ2v) is 18.5. The molecule has 2 unspecified atom stereocenters. The smallest absolute Gasteiger partial charge is 0.341 e. The van der Waals surface area contributed by atoms with Crippen LogP contribution in [0.3, 0.4) is 0 Å². The summed E-state index contributed by atoms with van der Waals surface area (Å²) in [4.78, 5) is 14.4. The Hall–Kier alpha value is -0.770. The molecule has 258 valence electrons. The van der Waals surface area contributed by atoms with Crippen LogP contribution in [0.25, 0.3) is 0 Å². The Kier molecular flexibility index (Phi) is 8.24. The lowest BCUT2D eigenvalue weighted by molar-refractivity contribution is -0.315. The standard InChI is InChI=1S/C37H62O8/c1-20-11-13-33(5)16-17-34(6)22(26(33)21(20)2)9-10-25-35(34,7)14-12-24-32(3,4)15-18-37(43,36(24,25)8)31(42)45-30-29(41)28(40)27(39)23(19-38)44-30/h20-30,38-41,43H,9-19H2,1-8H3/t20-,21+,22-,23-,24+,25+,26+,27-,28+,29-,30?,33-,34-,35-,36+,37?/m1/s1. The lowest BCUT2D eigenvalue weighted by atomic mass is 9.30. The van der Waals surface area contributed by atoms with Gasteiger partial charge in [0.05, 0.1) is 6.61 Å². The molecule has 5 saturated carbocycles. The van der Waals surface area contributed by atoms with Crippen LogP contribution in [0.5, 0.6) is 0 Å². The molecule has 0 bridgehead atoms. The van der Waals surface area contributed by atoms with Gasteiger partial charge >= 0.3 is 5.97 Å². The number of aliphatic hydroxyl groups excluding tert-OH is 4. The van der Waals surface area contributed by atoms with E-state index in [1.165, 1.54) is 25.7 Å². The van der Waals surface area contributed by atoms with Gasteiger partial charge in [-0.1, -0.05) is 55.4 Å². The van der Waals surface area contributed by atoms with E-state index in [1.54, 1.807) is 0 Å². The van der Waals surface area contributed by atoms with E-state index in [9.17, 15) is 30.3 Å². The quantitative estimate of drug-likeness (QED) is 0.279. The van der Waals surface area contributed by atoms with Crippen LogP contribution in [0.1, 0.15) is 120 Å². The highest BCUT2D eigenvalue weighted by Crippen LogP contribution is 2.78. The van der Waals surface area contributed by atoms with Gasteiger partial charge in [0.25, 0.3) is 0 Å². The van der Waals surface area contributed by atoms with Gasteiger partial charge in [0, 0.05) is 5.41 Å². The predicted molar refractivity (Wildman–Crippen MR) is 169 cm³/mol. The molecule has 45 heavy (non-hydrogen) atoms. The molecule has 8 nitrogen and oxygen atoms in total. The zero-order valence-corrected chi connectivity index (χ0v) is 29.1. The summed E-state index contributed by atoms with van der Waals surface area (Å²) in [6.07, 6.45) is 2.30. The van der Waals surface area contributed by atoms with E-state index in [0.717, 1.165) is 31.6 Å². The zero-order chi connectivity index (χ0) is 33.1. The van der Waals surface area contributed by atoms with E-state index in [-0.39, 0.29) is 34.5 Å². The van der Waals surface area contributed by atoms with Crippen molar-refractivity contribution in [1.29, 1.82) is 0 Å². The van der Waals surface area contributed by atoms with Crippen LogP contribution in [0.4, 0.5) is 0 Å². The summed E-state index contributed by atoms with van der Waals surface area (Å²) in [7, 11) is 0. The Labute approximate surface area is 270 Å². The molecule has 0 spiro atoms. The molecule has 1 heterocycles. The van der Waals surface area contributed by atoms with Gasteiger partial charge in [-0.25, -0.2) is 4.79 Å². The summed E-state index contributed by atoms with van der Waals surface area (Å²) < 4.78 is 11.4. The van der Waals surface area contributed by atoms with Gasteiger partial charge in [-0.05, 0) is 121 Å². The van der Waals surface area contributed by atoms with Crippen LogP contribution in [0.15, 0.2) is 0 Å². The number of aliphatic hydroxyl groups is 5. The topological polar surface area (TPSA) is 137 Å². The first-order chi connectivity index (χ1) is 20.8. The molecule has 0 amide bonds. The van der Waals surface area contributed by atoms with E-state index in [4.69, 9.17) is 9.47 Å². The molecule has 1 aliphatic heterocycles. The number of hydrogen-bond acceptors (Lipinski definition) is 8. The van der Waals surface area contributed by atoms with E-state index >= 15 is 0 Å². The maximum Gasteiger partial charge on any atom is 0.341 e. The molecule has 0 aromatic rings. The number of hydrogen-bond donors (Lipinski definition) is 5. The normalized spacial score (nSPS) is 57.5. The molecule has 5 aliphatic carbocycles. The first-order valence-electron chi connectivity index (χ1n) is 18.1.